The molecule has 0 saturated carbocycles. The highest BCUT2D eigenvalue weighted by atomic mass is 32.2. The van der Waals surface area contributed by atoms with Crippen molar-refractivity contribution in [3.05, 3.63) is 98.9 Å². The molecule has 1 fully saturated rings. The number of rotatable bonds is 6. The maximum atomic E-state index is 12.7. The van der Waals surface area contributed by atoms with Crippen LogP contribution in [0.25, 0.3) is 6.08 Å². The van der Waals surface area contributed by atoms with Crippen LogP contribution in [0.3, 0.4) is 0 Å². The number of nitrogens with zero attached hydrogens (tertiary/aromatic N) is 2. The van der Waals surface area contributed by atoms with Crippen molar-refractivity contribution in [3.63, 3.8) is 0 Å². The predicted molar refractivity (Wildman–Crippen MR) is 129 cm³/mol. The third kappa shape index (κ3) is 5.33. The van der Waals surface area contributed by atoms with Crippen LogP contribution in [-0.2, 0) is 14.9 Å². The minimum Gasteiger partial charge on any atom is -0.378 e. The Morgan fingerprint density at radius 2 is 1.71 bits per heavy atom. The first-order chi connectivity index (χ1) is 16.2. The molecule has 1 heterocycles. The number of carbonyl (C=O) groups is 1. The fourth-order valence-corrected chi connectivity index (χ4v) is 4.72. The predicted octanol–water partition coefficient (Wildman–Crippen LogP) is 4.56. The number of nitrogens with one attached hydrogen (secondary N) is 1. The summed E-state index contributed by atoms with van der Waals surface area (Å²) in [5.41, 5.74) is 1.90. The number of nitro groups is 1. The number of para-hydroxylation sites is 1. The van der Waals surface area contributed by atoms with Crippen LogP contribution < -0.4 is 9.50 Å². The molecule has 172 valence electrons. The minimum absolute atomic E-state index is 0.00526. The lowest BCUT2D eigenvalue weighted by Crippen LogP contribution is -2.19. The molecule has 0 aliphatic carbocycles. The van der Waals surface area contributed by atoms with Crippen LogP contribution in [0.4, 0.5) is 11.4 Å². The Morgan fingerprint density at radius 1 is 1.03 bits per heavy atom. The van der Waals surface area contributed by atoms with E-state index in [9.17, 15) is 23.3 Å². The topological polar surface area (TPSA) is 128 Å². The molecule has 1 saturated heterocycles. The molecule has 0 aromatic heterocycles. The summed E-state index contributed by atoms with van der Waals surface area (Å²) in [4.78, 5) is 27.1. The van der Waals surface area contributed by atoms with Gasteiger partial charge >= 0.3 is 10.1 Å². The van der Waals surface area contributed by atoms with Crippen molar-refractivity contribution in [1.82, 2.24) is 5.32 Å². The van der Waals surface area contributed by atoms with E-state index in [1.165, 1.54) is 12.1 Å². The molecule has 34 heavy (non-hydrogen) atoms. The van der Waals surface area contributed by atoms with E-state index in [-0.39, 0.29) is 22.2 Å². The average Bonchev–Trinajstić information content (AvgIpc) is 3.15. The van der Waals surface area contributed by atoms with Crippen LogP contribution in [0.5, 0.6) is 5.75 Å². The number of carbonyl (C=O) groups excluding carboxylic acids is 1. The van der Waals surface area contributed by atoms with Crippen LogP contribution in [-0.4, -0.2) is 24.4 Å². The largest absolute Gasteiger partial charge is 0.378 e. The second-order valence-electron chi connectivity index (χ2n) is 7.14. The van der Waals surface area contributed by atoms with Gasteiger partial charge in [0.2, 0.25) is 0 Å². The van der Waals surface area contributed by atoms with Gasteiger partial charge in [0.25, 0.3) is 11.6 Å². The zero-order valence-electron chi connectivity index (χ0n) is 17.7. The van der Waals surface area contributed by atoms with E-state index in [0.717, 1.165) is 41.6 Å². The van der Waals surface area contributed by atoms with E-state index in [0.29, 0.717) is 21.3 Å². The highest BCUT2D eigenvalue weighted by Gasteiger charge is 2.25. The molecule has 1 N–H and O–H groups in total. The first-order valence-corrected chi connectivity index (χ1v) is 12.1. The number of hydrogen-bond acceptors (Lipinski definition) is 8. The SMILES string of the molecule is Cc1ccc(N=C2NC(=O)/C(=C/c3ccccc3OS(=O)(=O)c3ccc([N+](=O)[O-])cc3)S2)cc1. The normalized spacial score (nSPS) is 16.0. The lowest BCUT2D eigenvalue weighted by molar-refractivity contribution is -0.384. The van der Waals surface area contributed by atoms with Gasteiger partial charge in [-0.3, -0.25) is 14.9 Å². The highest BCUT2D eigenvalue weighted by molar-refractivity contribution is 8.18. The Balaban J connectivity index is 1.58. The van der Waals surface area contributed by atoms with Crippen molar-refractivity contribution >= 4 is 50.4 Å². The summed E-state index contributed by atoms with van der Waals surface area (Å²) in [6, 6.07) is 18.2. The van der Waals surface area contributed by atoms with Gasteiger partial charge in [0.15, 0.2) is 5.17 Å². The van der Waals surface area contributed by atoms with Gasteiger partial charge in [-0.2, -0.15) is 8.42 Å². The number of amidine groups is 1. The van der Waals surface area contributed by atoms with Crippen LogP contribution in [0.15, 0.2) is 87.6 Å². The maximum absolute atomic E-state index is 12.7. The van der Waals surface area contributed by atoms with Gasteiger partial charge in [-0.1, -0.05) is 35.9 Å². The molecule has 0 unspecified atom stereocenters. The van der Waals surface area contributed by atoms with Crippen molar-refractivity contribution in [2.75, 3.05) is 0 Å². The summed E-state index contributed by atoms with van der Waals surface area (Å²) in [5, 5.41) is 13.9. The molecular formula is C23H17N3O6S2. The smallest absolute Gasteiger partial charge is 0.339 e. The summed E-state index contributed by atoms with van der Waals surface area (Å²) in [5.74, 6) is -0.366. The summed E-state index contributed by atoms with van der Waals surface area (Å²) in [7, 11) is -4.26. The summed E-state index contributed by atoms with van der Waals surface area (Å²) >= 11 is 1.12. The number of hydrogen-bond donors (Lipinski definition) is 1. The Morgan fingerprint density at radius 3 is 2.38 bits per heavy atom. The average molecular weight is 496 g/mol. The van der Waals surface area contributed by atoms with E-state index >= 15 is 0 Å². The minimum atomic E-state index is -4.26. The first kappa shape index (κ1) is 23.2. The monoisotopic (exact) mass is 495 g/mol. The first-order valence-electron chi connectivity index (χ1n) is 9.85. The lowest BCUT2D eigenvalue weighted by atomic mass is 10.2. The Hall–Kier alpha value is -3.96. The number of non-ortho nitro benzene ring substituents is 1. The molecule has 0 bridgehead atoms. The van der Waals surface area contributed by atoms with Gasteiger partial charge in [0.05, 0.1) is 15.5 Å². The molecule has 0 atom stereocenters. The van der Waals surface area contributed by atoms with Crippen LogP contribution in [0, 0.1) is 17.0 Å². The number of thioether (sulfide) groups is 1. The van der Waals surface area contributed by atoms with Gasteiger partial charge in [0, 0.05) is 17.7 Å². The van der Waals surface area contributed by atoms with Crippen LogP contribution in [0.2, 0.25) is 0 Å². The van der Waals surface area contributed by atoms with Gasteiger partial charge < -0.3 is 9.50 Å². The van der Waals surface area contributed by atoms with Gasteiger partial charge in [-0.05, 0) is 55.1 Å². The third-order valence-corrected chi connectivity index (χ3v) is 6.82. The van der Waals surface area contributed by atoms with Gasteiger partial charge in [-0.25, -0.2) is 4.99 Å². The van der Waals surface area contributed by atoms with Crippen LogP contribution >= 0.6 is 11.8 Å². The maximum Gasteiger partial charge on any atom is 0.339 e. The van der Waals surface area contributed by atoms with Crippen molar-refractivity contribution in [1.29, 1.82) is 0 Å². The van der Waals surface area contributed by atoms with E-state index in [2.05, 4.69) is 10.3 Å². The number of benzene rings is 3. The summed E-state index contributed by atoms with van der Waals surface area (Å²) < 4.78 is 30.7. The fraction of sp³-hybridized carbons (Fsp3) is 0.0435. The Labute approximate surface area is 199 Å². The molecule has 3 aromatic carbocycles. The zero-order valence-corrected chi connectivity index (χ0v) is 19.3. The standard InChI is InChI=1S/C23H17N3O6S2/c1-15-6-8-17(9-7-15)24-23-25-22(27)21(33-23)14-16-4-2-3-5-20(16)32-34(30,31)19-12-10-18(11-13-19)26(28)29/h2-14H,1H3,(H,24,25,27)/b21-14-. The van der Waals surface area contributed by atoms with E-state index in [4.69, 9.17) is 4.18 Å². The number of nitro benzene ring substituents is 1. The molecule has 1 aliphatic heterocycles. The van der Waals surface area contributed by atoms with Gasteiger partial charge in [0.1, 0.15) is 10.6 Å². The highest BCUT2D eigenvalue weighted by Crippen LogP contribution is 2.32. The van der Waals surface area contributed by atoms with Crippen molar-refractivity contribution in [3.8, 4) is 5.75 Å². The number of aliphatic imine (C=N–C) groups is 1. The van der Waals surface area contributed by atoms with Crippen LogP contribution in [0.1, 0.15) is 11.1 Å². The molecule has 0 radical (unpaired) electrons. The van der Waals surface area contributed by atoms with Crippen molar-refractivity contribution in [2.24, 2.45) is 4.99 Å². The lowest BCUT2D eigenvalue weighted by Gasteiger charge is -2.09. The second kappa shape index (κ2) is 9.49. The summed E-state index contributed by atoms with van der Waals surface area (Å²) in [6.45, 7) is 1.96. The molecule has 4 rings (SSSR count). The van der Waals surface area contributed by atoms with Crippen molar-refractivity contribution < 1.29 is 22.3 Å². The van der Waals surface area contributed by atoms with E-state index in [1.54, 1.807) is 18.2 Å². The molecule has 0 spiro atoms. The quantitative estimate of drug-likeness (QED) is 0.230. The number of amides is 1. The van der Waals surface area contributed by atoms with E-state index < -0.39 is 15.0 Å². The van der Waals surface area contributed by atoms with Gasteiger partial charge in [-0.15, -0.1) is 0 Å². The molecular weight excluding hydrogens is 478 g/mol. The molecule has 9 nitrogen and oxygen atoms in total. The molecule has 1 amide bonds. The second-order valence-corrected chi connectivity index (χ2v) is 9.72. The number of aryl methyl sites for hydroxylation is 1. The fourth-order valence-electron chi connectivity index (χ4n) is 2.93. The third-order valence-electron chi connectivity index (χ3n) is 4.66. The van der Waals surface area contributed by atoms with Crippen molar-refractivity contribution in [2.45, 2.75) is 11.8 Å². The molecule has 1 aliphatic rings. The van der Waals surface area contributed by atoms with E-state index in [1.807, 2.05) is 31.2 Å². The zero-order chi connectivity index (χ0) is 24.3. The summed E-state index contributed by atoms with van der Waals surface area (Å²) in [6.07, 6.45) is 1.51. The molecule has 3 aromatic rings. The molecule has 11 heteroatoms. The Bertz CT molecular complexity index is 1430. The Kier molecular flexibility index (Phi) is 6.48.